The maximum atomic E-state index is 12.0. The Hall–Kier alpha value is -2.89. The molecular formula is C17H19N3O3. The molecule has 1 amide bonds. The number of esters is 1. The second-order valence-corrected chi connectivity index (χ2v) is 4.94. The van der Waals surface area contributed by atoms with Crippen LogP contribution < -0.4 is 10.2 Å². The minimum Gasteiger partial charge on any atom is -0.465 e. The molecule has 6 nitrogen and oxygen atoms in total. The van der Waals surface area contributed by atoms with Crippen LogP contribution in [0.15, 0.2) is 48.7 Å². The first-order valence-electron chi connectivity index (χ1n) is 7.20. The highest BCUT2D eigenvalue weighted by Crippen LogP contribution is 2.09. The lowest BCUT2D eigenvalue weighted by atomic mass is 10.2. The van der Waals surface area contributed by atoms with Crippen LogP contribution in [0.25, 0.3) is 0 Å². The summed E-state index contributed by atoms with van der Waals surface area (Å²) >= 11 is 0. The molecule has 120 valence electrons. The van der Waals surface area contributed by atoms with E-state index in [9.17, 15) is 9.59 Å². The number of nitrogens with zero attached hydrogens (tertiary/aromatic N) is 2. The van der Waals surface area contributed by atoms with Crippen molar-refractivity contribution in [3.63, 3.8) is 0 Å². The quantitative estimate of drug-likeness (QED) is 0.822. The van der Waals surface area contributed by atoms with Crippen LogP contribution in [0.4, 0.5) is 5.69 Å². The number of carbonyl (C=O) groups excluding carboxylic acids is 2. The third-order valence-electron chi connectivity index (χ3n) is 3.35. The fraction of sp³-hybridized carbons (Fsp3) is 0.235. The predicted octanol–water partition coefficient (Wildman–Crippen LogP) is 1.73. The Morgan fingerprint density at radius 3 is 2.52 bits per heavy atom. The smallest absolute Gasteiger partial charge is 0.339 e. The van der Waals surface area contributed by atoms with E-state index >= 15 is 0 Å². The Morgan fingerprint density at radius 1 is 1.17 bits per heavy atom. The number of hydrogen-bond donors (Lipinski definition) is 1. The topological polar surface area (TPSA) is 71.5 Å². The standard InChI is InChI=1S/C17H19N3O3/c1-20(14-6-4-3-5-7-14)11-10-18-16(21)15-9-8-13(12-19-15)17(22)23-2/h3-9,12H,10-11H2,1-2H3,(H,18,21). The van der Waals surface area contributed by atoms with Crippen LogP contribution >= 0.6 is 0 Å². The molecule has 0 spiro atoms. The van der Waals surface area contributed by atoms with Gasteiger partial charge in [-0.3, -0.25) is 9.78 Å². The molecule has 23 heavy (non-hydrogen) atoms. The molecule has 2 aromatic rings. The molecule has 1 aromatic heterocycles. The molecule has 0 aliphatic carbocycles. The van der Waals surface area contributed by atoms with Gasteiger partial charge in [0.15, 0.2) is 0 Å². The van der Waals surface area contributed by atoms with Crippen molar-refractivity contribution < 1.29 is 14.3 Å². The zero-order valence-electron chi connectivity index (χ0n) is 13.2. The number of anilines is 1. The van der Waals surface area contributed by atoms with Gasteiger partial charge in [0.05, 0.1) is 12.7 Å². The van der Waals surface area contributed by atoms with Crippen LogP contribution in [0.1, 0.15) is 20.8 Å². The van der Waals surface area contributed by atoms with Gasteiger partial charge < -0.3 is 15.0 Å². The lowest BCUT2D eigenvalue weighted by Crippen LogP contribution is -2.33. The molecule has 0 bridgehead atoms. The van der Waals surface area contributed by atoms with Crippen LogP contribution in [0.5, 0.6) is 0 Å². The lowest BCUT2D eigenvalue weighted by molar-refractivity contribution is 0.0599. The van der Waals surface area contributed by atoms with Crippen molar-refractivity contribution in [3.8, 4) is 0 Å². The summed E-state index contributed by atoms with van der Waals surface area (Å²) in [4.78, 5) is 29.3. The normalized spacial score (nSPS) is 10.0. The number of likely N-dealkylation sites (N-methyl/N-ethyl adjacent to an activating group) is 1. The van der Waals surface area contributed by atoms with Crippen molar-refractivity contribution in [1.29, 1.82) is 0 Å². The van der Waals surface area contributed by atoms with Crippen LogP contribution in [0.3, 0.4) is 0 Å². The summed E-state index contributed by atoms with van der Waals surface area (Å²) in [6.07, 6.45) is 1.33. The van der Waals surface area contributed by atoms with Crippen molar-refractivity contribution in [2.45, 2.75) is 0 Å². The summed E-state index contributed by atoms with van der Waals surface area (Å²) in [7, 11) is 3.26. The molecule has 1 heterocycles. The number of hydrogen-bond acceptors (Lipinski definition) is 5. The number of aromatic nitrogens is 1. The van der Waals surface area contributed by atoms with E-state index in [0.29, 0.717) is 18.7 Å². The zero-order chi connectivity index (χ0) is 16.7. The Balaban J connectivity index is 1.84. The molecule has 1 N–H and O–H groups in total. The number of pyridine rings is 1. The Labute approximate surface area is 135 Å². The molecule has 0 fully saturated rings. The second kappa shape index (κ2) is 7.93. The summed E-state index contributed by atoms with van der Waals surface area (Å²) in [5.74, 6) is -0.753. The van der Waals surface area contributed by atoms with Crippen LogP contribution in [-0.4, -0.2) is 44.1 Å². The molecule has 0 aliphatic heterocycles. The van der Waals surface area contributed by atoms with E-state index in [2.05, 4.69) is 15.0 Å². The number of rotatable bonds is 6. The van der Waals surface area contributed by atoms with Crippen molar-refractivity contribution in [2.24, 2.45) is 0 Å². The summed E-state index contributed by atoms with van der Waals surface area (Å²) in [5.41, 5.74) is 1.66. The molecular weight excluding hydrogens is 294 g/mol. The molecule has 0 saturated heterocycles. The highest BCUT2D eigenvalue weighted by Gasteiger charge is 2.10. The fourth-order valence-corrected chi connectivity index (χ4v) is 2.01. The summed E-state index contributed by atoms with van der Waals surface area (Å²) < 4.78 is 4.58. The highest BCUT2D eigenvalue weighted by molar-refractivity contribution is 5.94. The van der Waals surface area contributed by atoms with Gasteiger partial charge in [0.1, 0.15) is 5.69 Å². The molecule has 0 aliphatic rings. The number of methoxy groups -OCH3 is 1. The maximum Gasteiger partial charge on any atom is 0.339 e. The summed E-state index contributed by atoms with van der Waals surface area (Å²) in [6.45, 7) is 1.17. The lowest BCUT2D eigenvalue weighted by Gasteiger charge is -2.19. The van der Waals surface area contributed by atoms with Gasteiger partial charge in [-0.15, -0.1) is 0 Å². The molecule has 6 heteroatoms. The van der Waals surface area contributed by atoms with Crippen molar-refractivity contribution >= 4 is 17.6 Å². The van der Waals surface area contributed by atoms with Gasteiger partial charge >= 0.3 is 5.97 Å². The number of para-hydroxylation sites is 1. The van der Waals surface area contributed by atoms with Gasteiger partial charge in [0.2, 0.25) is 0 Å². The van der Waals surface area contributed by atoms with Gasteiger partial charge in [-0.2, -0.15) is 0 Å². The Morgan fingerprint density at radius 2 is 1.91 bits per heavy atom. The third kappa shape index (κ3) is 4.54. The first kappa shape index (κ1) is 16.5. The van der Waals surface area contributed by atoms with E-state index in [4.69, 9.17) is 0 Å². The van der Waals surface area contributed by atoms with E-state index in [1.54, 1.807) is 0 Å². The third-order valence-corrected chi connectivity index (χ3v) is 3.35. The van der Waals surface area contributed by atoms with Crippen molar-refractivity contribution in [1.82, 2.24) is 10.3 Å². The van der Waals surface area contributed by atoms with Crippen LogP contribution in [-0.2, 0) is 4.74 Å². The van der Waals surface area contributed by atoms with Crippen LogP contribution in [0.2, 0.25) is 0 Å². The van der Waals surface area contributed by atoms with E-state index in [0.717, 1.165) is 5.69 Å². The van der Waals surface area contributed by atoms with Gasteiger partial charge in [-0.25, -0.2) is 4.79 Å². The molecule has 2 rings (SSSR count). The zero-order valence-corrected chi connectivity index (χ0v) is 13.2. The summed E-state index contributed by atoms with van der Waals surface area (Å²) in [5, 5.41) is 2.80. The SMILES string of the molecule is COC(=O)c1ccc(C(=O)NCCN(C)c2ccccc2)nc1. The average Bonchev–Trinajstić information content (AvgIpc) is 2.61. The predicted molar refractivity (Wildman–Crippen MR) is 87.6 cm³/mol. The Kier molecular flexibility index (Phi) is 5.68. The number of carbonyl (C=O) groups is 2. The molecule has 1 aromatic carbocycles. The number of nitrogens with one attached hydrogen (secondary N) is 1. The van der Waals surface area contributed by atoms with Crippen LogP contribution in [0, 0.1) is 0 Å². The monoisotopic (exact) mass is 313 g/mol. The molecule has 0 unspecified atom stereocenters. The van der Waals surface area contributed by atoms with Gasteiger partial charge in [-0.05, 0) is 24.3 Å². The molecule has 0 atom stereocenters. The largest absolute Gasteiger partial charge is 0.465 e. The summed E-state index contributed by atoms with van der Waals surface area (Å²) in [6, 6.07) is 12.9. The number of ether oxygens (including phenoxy) is 1. The molecule has 0 radical (unpaired) electrons. The van der Waals surface area contributed by atoms with Gasteiger partial charge in [0.25, 0.3) is 5.91 Å². The van der Waals surface area contributed by atoms with E-state index in [-0.39, 0.29) is 11.6 Å². The second-order valence-electron chi connectivity index (χ2n) is 4.94. The minimum absolute atomic E-state index is 0.264. The number of benzene rings is 1. The van der Waals surface area contributed by atoms with Gasteiger partial charge in [0, 0.05) is 32.0 Å². The highest BCUT2D eigenvalue weighted by atomic mass is 16.5. The minimum atomic E-state index is -0.478. The van der Waals surface area contributed by atoms with E-state index in [1.807, 2.05) is 42.3 Å². The molecule has 0 saturated carbocycles. The Bertz CT molecular complexity index is 657. The number of amides is 1. The first-order chi connectivity index (χ1) is 11.1. The maximum absolute atomic E-state index is 12.0. The van der Waals surface area contributed by atoms with E-state index in [1.165, 1.54) is 25.4 Å². The average molecular weight is 313 g/mol. The van der Waals surface area contributed by atoms with Crippen molar-refractivity contribution in [2.75, 3.05) is 32.1 Å². The first-order valence-corrected chi connectivity index (χ1v) is 7.20. The van der Waals surface area contributed by atoms with Crippen molar-refractivity contribution in [3.05, 3.63) is 59.9 Å². The van der Waals surface area contributed by atoms with Gasteiger partial charge in [-0.1, -0.05) is 18.2 Å². The fourth-order valence-electron chi connectivity index (χ4n) is 2.01. The van der Waals surface area contributed by atoms with E-state index < -0.39 is 5.97 Å².